The molecule has 0 fully saturated rings. The Balaban J connectivity index is 1.85. The molecule has 0 aliphatic carbocycles. The Morgan fingerprint density at radius 3 is 2.44 bits per heavy atom. The molecule has 1 atom stereocenters. The van der Waals surface area contributed by atoms with Gasteiger partial charge in [-0.2, -0.15) is 0 Å². The number of amides is 1. The van der Waals surface area contributed by atoms with Gasteiger partial charge >= 0.3 is 0 Å². The Morgan fingerprint density at radius 2 is 1.81 bits per heavy atom. The lowest BCUT2D eigenvalue weighted by Crippen LogP contribution is -2.28. The molecule has 0 aliphatic rings. The number of carbonyl (C=O) groups excluding carboxylic acids is 1. The van der Waals surface area contributed by atoms with Crippen LogP contribution in [0.4, 0.5) is 5.69 Å². The van der Waals surface area contributed by atoms with E-state index in [1.807, 2.05) is 5.38 Å². The quantitative estimate of drug-likeness (QED) is 0.326. The largest absolute Gasteiger partial charge is 0.387 e. The summed E-state index contributed by atoms with van der Waals surface area (Å²) in [5.41, 5.74) is 3.72. The first kappa shape index (κ1) is 24.3. The maximum Gasteiger partial charge on any atom is 0.262 e. The normalized spacial score (nSPS) is 12.2. The molecule has 0 bridgehead atoms. The highest BCUT2D eigenvalue weighted by Crippen LogP contribution is 2.35. The molecule has 0 saturated carbocycles. The predicted molar refractivity (Wildman–Crippen MR) is 131 cm³/mol. The van der Waals surface area contributed by atoms with Gasteiger partial charge < -0.3 is 10.4 Å². The van der Waals surface area contributed by atoms with E-state index in [0.29, 0.717) is 27.1 Å². The highest BCUT2D eigenvalue weighted by Gasteiger charge is 2.21. The standard InChI is InChI=1S/C23H25ClN2O4S2/c1-14(2)11-16-13-31-22(21(16)15-7-9-17(10-8-15)26-32(29)30)23(28)25-12-20(27)18-5-3-4-6-19(18)24/h3-10,13-14,20,27,32H,11-12H2,1-2H3,(H,25,28)(H,26,29,30). The zero-order chi connectivity index (χ0) is 23.3. The number of hydrogen-bond donors (Lipinski definition) is 4. The summed E-state index contributed by atoms with van der Waals surface area (Å²) in [4.78, 5) is 13.6. The molecule has 0 spiro atoms. The van der Waals surface area contributed by atoms with Gasteiger partial charge in [-0.05, 0) is 47.0 Å². The minimum absolute atomic E-state index is 0.0266. The van der Waals surface area contributed by atoms with Crippen molar-refractivity contribution in [3.05, 3.63) is 74.9 Å². The van der Waals surface area contributed by atoms with Crippen LogP contribution in [0.15, 0.2) is 53.9 Å². The number of rotatable bonds is 9. The van der Waals surface area contributed by atoms with Crippen LogP contribution in [0.5, 0.6) is 0 Å². The number of thiophene rings is 1. The fourth-order valence-corrected chi connectivity index (χ4v) is 5.05. The molecule has 0 saturated heterocycles. The number of anilines is 1. The molecule has 170 valence electrons. The number of thiol groups is 1. The first-order valence-corrected chi connectivity index (χ1v) is 12.5. The third kappa shape index (κ3) is 6.10. The van der Waals surface area contributed by atoms with Crippen molar-refractivity contribution < 1.29 is 18.3 Å². The molecule has 1 aromatic heterocycles. The number of aliphatic hydroxyl groups excluding tert-OH is 1. The fourth-order valence-electron chi connectivity index (χ4n) is 3.41. The van der Waals surface area contributed by atoms with Gasteiger partial charge in [-0.1, -0.05) is 55.8 Å². The molecule has 32 heavy (non-hydrogen) atoms. The third-order valence-electron chi connectivity index (χ3n) is 4.82. The van der Waals surface area contributed by atoms with Crippen LogP contribution in [0, 0.1) is 5.92 Å². The molecule has 0 aliphatic heterocycles. The zero-order valence-electron chi connectivity index (χ0n) is 17.7. The molecule has 3 rings (SSSR count). The van der Waals surface area contributed by atoms with Crippen molar-refractivity contribution in [2.24, 2.45) is 5.92 Å². The van der Waals surface area contributed by atoms with Crippen molar-refractivity contribution >= 4 is 45.4 Å². The van der Waals surface area contributed by atoms with Crippen LogP contribution in [0.1, 0.15) is 40.8 Å². The summed E-state index contributed by atoms with van der Waals surface area (Å²) in [7, 11) is -2.74. The van der Waals surface area contributed by atoms with Crippen LogP contribution in [0.25, 0.3) is 11.1 Å². The Bertz CT molecular complexity index is 1150. The van der Waals surface area contributed by atoms with E-state index in [9.17, 15) is 18.3 Å². The molecular weight excluding hydrogens is 468 g/mol. The van der Waals surface area contributed by atoms with E-state index < -0.39 is 17.0 Å². The van der Waals surface area contributed by atoms with Crippen LogP contribution in [-0.2, 0) is 17.3 Å². The summed E-state index contributed by atoms with van der Waals surface area (Å²) < 4.78 is 24.1. The van der Waals surface area contributed by atoms with Crippen molar-refractivity contribution in [1.82, 2.24) is 5.32 Å². The van der Waals surface area contributed by atoms with Crippen LogP contribution in [-0.4, -0.2) is 26.0 Å². The number of aliphatic hydroxyl groups is 1. The van der Waals surface area contributed by atoms with Gasteiger partial charge in [-0.25, -0.2) is 8.42 Å². The van der Waals surface area contributed by atoms with Crippen LogP contribution >= 0.6 is 22.9 Å². The molecule has 1 amide bonds. The van der Waals surface area contributed by atoms with Crippen molar-refractivity contribution in [3.8, 4) is 11.1 Å². The summed E-state index contributed by atoms with van der Waals surface area (Å²) in [6.45, 7) is 4.25. The highest BCUT2D eigenvalue weighted by molar-refractivity contribution is 7.73. The lowest BCUT2D eigenvalue weighted by atomic mass is 9.95. The lowest BCUT2D eigenvalue weighted by molar-refractivity contribution is 0.0921. The topological polar surface area (TPSA) is 95.5 Å². The molecule has 3 aromatic rings. The van der Waals surface area contributed by atoms with E-state index in [4.69, 9.17) is 11.6 Å². The summed E-state index contributed by atoms with van der Waals surface area (Å²) in [5, 5.41) is 15.7. The summed E-state index contributed by atoms with van der Waals surface area (Å²) in [6, 6.07) is 13.9. The van der Waals surface area contributed by atoms with E-state index in [0.717, 1.165) is 23.1 Å². The van der Waals surface area contributed by atoms with Crippen molar-refractivity contribution in [2.45, 2.75) is 26.4 Å². The third-order valence-corrected chi connectivity index (χ3v) is 6.63. The maximum atomic E-state index is 13.0. The molecule has 0 radical (unpaired) electrons. The predicted octanol–water partition coefficient (Wildman–Crippen LogP) is 4.67. The second-order valence-corrected chi connectivity index (χ2v) is 9.78. The van der Waals surface area contributed by atoms with Gasteiger partial charge in [0, 0.05) is 28.4 Å². The van der Waals surface area contributed by atoms with Crippen molar-refractivity contribution in [2.75, 3.05) is 11.3 Å². The number of halogens is 1. The van der Waals surface area contributed by atoms with Gasteiger partial charge in [0.25, 0.3) is 5.91 Å². The van der Waals surface area contributed by atoms with E-state index in [1.54, 1.807) is 48.5 Å². The highest BCUT2D eigenvalue weighted by atomic mass is 35.5. The zero-order valence-corrected chi connectivity index (χ0v) is 20.1. The smallest absolute Gasteiger partial charge is 0.262 e. The average Bonchev–Trinajstić information content (AvgIpc) is 3.15. The van der Waals surface area contributed by atoms with Gasteiger partial charge in [0.15, 0.2) is 0 Å². The van der Waals surface area contributed by atoms with Gasteiger partial charge in [0.1, 0.15) is 0 Å². The fraction of sp³-hybridized carbons (Fsp3) is 0.261. The SMILES string of the molecule is CC(C)Cc1csc(C(=O)NCC(O)c2ccccc2Cl)c1-c1ccc(N[SH](=O)=O)cc1. The number of carbonyl (C=O) groups is 1. The molecule has 9 heteroatoms. The number of nitrogens with one attached hydrogen (secondary N) is 2. The number of hydrogen-bond acceptors (Lipinski definition) is 5. The first-order chi connectivity index (χ1) is 15.3. The number of benzene rings is 2. The Hall–Kier alpha value is -2.39. The maximum absolute atomic E-state index is 13.0. The van der Waals surface area contributed by atoms with E-state index in [1.165, 1.54) is 11.3 Å². The summed E-state index contributed by atoms with van der Waals surface area (Å²) in [6.07, 6.45) is -0.126. The first-order valence-electron chi connectivity index (χ1n) is 10.1. The van der Waals surface area contributed by atoms with Crippen LogP contribution < -0.4 is 10.0 Å². The van der Waals surface area contributed by atoms with Gasteiger partial charge in [-0.15, -0.1) is 11.3 Å². The summed E-state index contributed by atoms with van der Waals surface area (Å²) in [5.74, 6) is 0.114. The molecular formula is C23H25ClN2O4S2. The molecule has 1 heterocycles. The summed E-state index contributed by atoms with van der Waals surface area (Å²) >= 11 is 7.49. The molecule has 1 unspecified atom stereocenters. The van der Waals surface area contributed by atoms with Crippen LogP contribution in [0.2, 0.25) is 5.02 Å². The molecule has 2 aromatic carbocycles. The second-order valence-electron chi connectivity index (χ2n) is 7.76. The second kappa shape index (κ2) is 11.0. The Kier molecular flexibility index (Phi) is 8.31. The minimum atomic E-state index is -2.74. The molecule has 3 N–H and O–H groups in total. The monoisotopic (exact) mass is 492 g/mol. The van der Waals surface area contributed by atoms with Gasteiger partial charge in [-0.3, -0.25) is 9.52 Å². The van der Waals surface area contributed by atoms with Crippen molar-refractivity contribution in [1.29, 1.82) is 0 Å². The van der Waals surface area contributed by atoms with Crippen molar-refractivity contribution in [3.63, 3.8) is 0 Å². The van der Waals surface area contributed by atoms with E-state index in [2.05, 4.69) is 23.9 Å². The minimum Gasteiger partial charge on any atom is -0.387 e. The van der Waals surface area contributed by atoms with E-state index in [-0.39, 0.29) is 12.5 Å². The Morgan fingerprint density at radius 1 is 1.12 bits per heavy atom. The van der Waals surface area contributed by atoms with E-state index >= 15 is 0 Å². The van der Waals surface area contributed by atoms with Gasteiger partial charge in [0.2, 0.25) is 10.9 Å². The van der Waals surface area contributed by atoms with Gasteiger partial charge in [0.05, 0.1) is 11.0 Å². The lowest BCUT2D eigenvalue weighted by Gasteiger charge is -2.14. The Labute approximate surface area is 198 Å². The van der Waals surface area contributed by atoms with Crippen LogP contribution in [0.3, 0.4) is 0 Å². The molecule has 6 nitrogen and oxygen atoms in total. The average molecular weight is 493 g/mol.